The van der Waals surface area contributed by atoms with E-state index in [1.165, 1.54) is 25.1 Å². The average molecular weight is 386 g/mol. The summed E-state index contributed by atoms with van der Waals surface area (Å²) in [7, 11) is 0. The molecule has 0 atom stereocenters. The van der Waals surface area contributed by atoms with E-state index >= 15 is 0 Å². The van der Waals surface area contributed by atoms with Crippen LogP contribution in [-0.4, -0.2) is 29.4 Å². The molecule has 3 rings (SSSR count). The van der Waals surface area contributed by atoms with E-state index in [1.807, 2.05) is 0 Å². The second-order valence-corrected chi connectivity index (χ2v) is 7.38. The van der Waals surface area contributed by atoms with Crippen molar-refractivity contribution in [2.24, 2.45) is 0 Å². The summed E-state index contributed by atoms with van der Waals surface area (Å²) in [4.78, 5) is 35.7. The average Bonchev–Trinajstić information content (AvgIpc) is 3.44. The number of nitrogens with one attached hydrogen (secondary N) is 2. The number of rotatable bonds is 7. The van der Waals surface area contributed by atoms with Crippen molar-refractivity contribution in [3.63, 3.8) is 0 Å². The van der Waals surface area contributed by atoms with Crippen LogP contribution in [0.25, 0.3) is 0 Å². The lowest BCUT2D eigenvalue weighted by molar-refractivity contribution is -0.113. The molecule has 0 spiro atoms. The van der Waals surface area contributed by atoms with Crippen LogP contribution in [0.2, 0.25) is 0 Å². The van der Waals surface area contributed by atoms with Gasteiger partial charge in [0.25, 0.3) is 5.91 Å². The van der Waals surface area contributed by atoms with E-state index in [9.17, 15) is 18.8 Å². The summed E-state index contributed by atoms with van der Waals surface area (Å²) in [6, 6.07) is 11.2. The maximum absolute atomic E-state index is 14.0. The summed E-state index contributed by atoms with van der Waals surface area (Å²) in [6.07, 6.45) is 2.01. The molecule has 2 aromatic carbocycles. The zero-order valence-electron chi connectivity index (χ0n) is 14.8. The number of anilines is 1. The van der Waals surface area contributed by atoms with Gasteiger partial charge in [-0.1, -0.05) is 12.1 Å². The molecule has 5 nitrogen and oxygen atoms in total. The number of ketones is 1. The first-order valence-corrected chi connectivity index (χ1v) is 9.55. The minimum absolute atomic E-state index is 0.00877. The molecule has 0 aliphatic heterocycles. The number of amides is 2. The summed E-state index contributed by atoms with van der Waals surface area (Å²) < 4.78 is 14.0. The topological polar surface area (TPSA) is 75.3 Å². The highest BCUT2D eigenvalue weighted by Crippen LogP contribution is 2.23. The Morgan fingerprint density at radius 2 is 1.89 bits per heavy atom. The molecule has 0 aromatic heterocycles. The van der Waals surface area contributed by atoms with Crippen molar-refractivity contribution in [2.45, 2.75) is 30.7 Å². The SMILES string of the molecule is CC(=O)c1ccc(SCC(=O)Nc2cccc(C(=O)NC3CC3)c2)c(F)c1. The number of thioether (sulfide) groups is 1. The normalized spacial score (nSPS) is 13.1. The van der Waals surface area contributed by atoms with E-state index in [4.69, 9.17) is 0 Å². The van der Waals surface area contributed by atoms with Crippen LogP contribution in [0.5, 0.6) is 0 Å². The predicted molar refractivity (Wildman–Crippen MR) is 103 cm³/mol. The summed E-state index contributed by atoms with van der Waals surface area (Å²) in [5.41, 5.74) is 1.29. The quantitative estimate of drug-likeness (QED) is 0.563. The van der Waals surface area contributed by atoms with Crippen LogP contribution in [0.15, 0.2) is 47.4 Å². The van der Waals surface area contributed by atoms with Crippen LogP contribution in [-0.2, 0) is 4.79 Å². The summed E-state index contributed by atoms with van der Waals surface area (Å²) >= 11 is 1.04. The molecule has 0 saturated heterocycles. The molecule has 1 aliphatic rings. The first-order valence-electron chi connectivity index (χ1n) is 8.56. The third-order valence-corrected chi connectivity index (χ3v) is 5.07. The molecule has 0 bridgehead atoms. The summed E-state index contributed by atoms with van der Waals surface area (Å²) in [5.74, 6) is -1.20. The zero-order valence-corrected chi connectivity index (χ0v) is 15.6. The van der Waals surface area contributed by atoms with E-state index in [-0.39, 0.29) is 29.4 Å². The van der Waals surface area contributed by atoms with Crippen molar-refractivity contribution < 1.29 is 18.8 Å². The van der Waals surface area contributed by atoms with Gasteiger partial charge < -0.3 is 10.6 Å². The second-order valence-electron chi connectivity index (χ2n) is 6.37. The van der Waals surface area contributed by atoms with Crippen LogP contribution < -0.4 is 10.6 Å². The van der Waals surface area contributed by atoms with Crippen LogP contribution in [0.4, 0.5) is 10.1 Å². The Balaban J connectivity index is 1.56. The molecule has 1 fully saturated rings. The molecular weight excluding hydrogens is 367 g/mol. The molecule has 2 amide bonds. The van der Waals surface area contributed by atoms with Crippen LogP contribution in [0.3, 0.4) is 0 Å². The number of hydrogen-bond acceptors (Lipinski definition) is 4. The standard InChI is InChI=1S/C20H19FN2O3S/c1-12(24)13-5-8-18(17(21)10-13)27-11-19(25)22-16-4-2-3-14(9-16)20(26)23-15-6-7-15/h2-5,8-10,15H,6-7,11H2,1H3,(H,22,25)(H,23,26). The fraction of sp³-hybridized carbons (Fsp3) is 0.250. The number of benzene rings is 2. The number of carbonyl (C=O) groups excluding carboxylic acids is 3. The van der Waals surface area contributed by atoms with Gasteiger partial charge in [-0.2, -0.15) is 0 Å². The minimum Gasteiger partial charge on any atom is -0.349 e. The van der Waals surface area contributed by atoms with Gasteiger partial charge in [0.1, 0.15) is 5.82 Å². The van der Waals surface area contributed by atoms with Crippen molar-refractivity contribution in [1.29, 1.82) is 0 Å². The Morgan fingerprint density at radius 3 is 2.56 bits per heavy atom. The molecular formula is C20H19FN2O3S. The van der Waals surface area contributed by atoms with E-state index in [2.05, 4.69) is 10.6 Å². The Morgan fingerprint density at radius 1 is 1.11 bits per heavy atom. The molecule has 140 valence electrons. The highest BCUT2D eigenvalue weighted by atomic mass is 32.2. The molecule has 0 heterocycles. The van der Waals surface area contributed by atoms with E-state index in [0.29, 0.717) is 21.7 Å². The molecule has 1 aliphatic carbocycles. The fourth-order valence-corrected chi connectivity index (χ4v) is 3.13. The van der Waals surface area contributed by atoms with Crippen LogP contribution in [0, 0.1) is 5.82 Å². The third kappa shape index (κ3) is 5.40. The van der Waals surface area contributed by atoms with Gasteiger partial charge in [0.2, 0.25) is 5.91 Å². The number of halogens is 1. The summed E-state index contributed by atoms with van der Waals surface area (Å²) in [5, 5.41) is 5.60. The Labute approximate surface area is 160 Å². The maximum atomic E-state index is 14.0. The molecule has 7 heteroatoms. The van der Waals surface area contributed by atoms with Gasteiger partial charge in [0, 0.05) is 27.8 Å². The lowest BCUT2D eigenvalue weighted by Crippen LogP contribution is -2.25. The molecule has 2 aromatic rings. The minimum atomic E-state index is -0.528. The first-order chi connectivity index (χ1) is 12.9. The highest BCUT2D eigenvalue weighted by molar-refractivity contribution is 8.00. The highest BCUT2D eigenvalue weighted by Gasteiger charge is 2.23. The number of hydrogen-bond donors (Lipinski definition) is 2. The summed E-state index contributed by atoms with van der Waals surface area (Å²) in [6.45, 7) is 1.37. The lowest BCUT2D eigenvalue weighted by Gasteiger charge is -2.08. The van der Waals surface area contributed by atoms with Crippen LogP contribution in [0.1, 0.15) is 40.5 Å². The monoisotopic (exact) mass is 386 g/mol. The van der Waals surface area contributed by atoms with Gasteiger partial charge in [-0.05, 0) is 50.1 Å². The largest absolute Gasteiger partial charge is 0.349 e. The van der Waals surface area contributed by atoms with Gasteiger partial charge in [-0.3, -0.25) is 14.4 Å². The van der Waals surface area contributed by atoms with Crippen molar-refractivity contribution >= 4 is 35.0 Å². The van der Waals surface area contributed by atoms with E-state index in [0.717, 1.165) is 24.6 Å². The van der Waals surface area contributed by atoms with Gasteiger partial charge in [-0.15, -0.1) is 11.8 Å². The molecule has 27 heavy (non-hydrogen) atoms. The second kappa shape index (κ2) is 8.35. The van der Waals surface area contributed by atoms with Gasteiger partial charge in [0.05, 0.1) is 5.75 Å². The molecule has 0 radical (unpaired) electrons. The lowest BCUT2D eigenvalue weighted by atomic mass is 10.1. The Hall–Kier alpha value is -2.67. The first kappa shape index (κ1) is 19.1. The third-order valence-electron chi connectivity index (χ3n) is 4.02. The molecule has 1 saturated carbocycles. The molecule has 0 unspecified atom stereocenters. The maximum Gasteiger partial charge on any atom is 0.251 e. The predicted octanol–water partition coefficient (Wildman–Crippen LogP) is 3.65. The van der Waals surface area contributed by atoms with Gasteiger partial charge in [-0.25, -0.2) is 4.39 Å². The Bertz CT molecular complexity index is 897. The number of Topliss-reactive ketones (excluding diaryl/α,β-unsaturated/α-hetero) is 1. The van der Waals surface area contributed by atoms with E-state index < -0.39 is 5.82 Å². The van der Waals surface area contributed by atoms with Gasteiger partial charge >= 0.3 is 0 Å². The van der Waals surface area contributed by atoms with Crippen LogP contribution >= 0.6 is 11.8 Å². The zero-order chi connectivity index (χ0) is 19.4. The van der Waals surface area contributed by atoms with Gasteiger partial charge in [0.15, 0.2) is 5.78 Å². The molecule has 2 N–H and O–H groups in total. The van der Waals surface area contributed by atoms with Crippen molar-refractivity contribution in [2.75, 3.05) is 11.1 Å². The fourth-order valence-electron chi connectivity index (χ4n) is 2.41. The van der Waals surface area contributed by atoms with E-state index in [1.54, 1.807) is 24.3 Å². The van der Waals surface area contributed by atoms with Crippen molar-refractivity contribution in [1.82, 2.24) is 5.32 Å². The Kier molecular flexibility index (Phi) is 5.91. The smallest absolute Gasteiger partial charge is 0.251 e. The number of carbonyl (C=O) groups is 3. The van der Waals surface area contributed by atoms with Crippen molar-refractivity contribution in [3.8, 4) is 0 Å². The van der Waals surface area contributed by atoms with Crippen molar-refractivity contribution in [3.05, 3.63) is 59.4 Å².